The van der Waals surface area contributed by atoms with Crippen molar-refractivity contribution < 1.29 is 9.79 Å². The highest BCUT2D eigenvalue weighted by Crippen LogP contribution is 1.95. The van der Waals surface area contributed by atoms with Crippen LogP contribution < -0.4 is 10.00 Å². The maximum atomic E-state index is 8.82. The van der Waals surface area contributed by atoms with Crippen LogP contribution >= 0.6 is 0 Å². The van der Waals surface area contributed by atoms with Crippen molar-refractivity contribution in [2.24, 2.45) is 7.05 Å². The Morgan fingerprint density at radius 1 is 1.57 bits per heavy atom. The van der Waals surface area contributed by atoms with Crippen molar-refractivity contribution in [3.05, 3.63) is 18.0 Å². The molecule has 2 N–H and O–H groups in total. The minimum Gasteiger partial charge on any atom is -0.394 e. The molecular weight excluding hydrogens is 178 g/mol. The number of aromatic nitrogens is 2. The minimum atomic E-state index is 0.180. The van der Waals surface area contributed by atoms with Gasteiger partial charge < -0.3 is 10.4 Å². The Kier molecular flexibility index (Phi) is 4.10. The zero-order valence-corrected chi connectivity index (χ0v) is 9.20. The van der Waals surface area contributed by atoms with Gasteiger partial charge in [-0.15, -0.1) is 4.68 Å². The number of nitrogens with zero attached hydrogens (tertiary/aromatic N) is 2. The first kappa shape index (κ1) is 11.2. The zero-order valence-electron chi connectivity index (χ0n) is 9.20. The van der Waals surface area contributed by atoms with Gasteiger partial charge in [0.1, 0.15) is 6.54 Å². The van der Waals surface area contributed by atoms with Crippen molar-refractivity contribution in [2.75, 3.05) is 6.61 Å². The summed E-state index contributed by atoms with van der Waals surface area (Å²) in [5.74, 6) is 0. The molecule has 0 saturated carbocycles. The summed E-state index contributed by atoms with van der Waals surface area (Å²) in [5.41, 5.74) is 1.25. The van der Waals surface area contributed by atoms with Gasteiger partial charge in [0.05, 0.1) is 18.4 Å². The van der Waals surface area contributed by atoms with Gasteiger partial charge in [-0.2, -0.15) is 4.68 Å². The van der Waals surface area contributed by atoms with E-state index in [0.29, 0.717) is 12.6 Å². The molecule has 0 spiro atoms. The molecule has 14 heavy (non-hydrogen) atoms. The molecule has 0 aliphatic carbocycles. The van der Waals surface area contributed by atoms with Crippen LogP contribution in [0.25, 0.3) is 0 Å². The van der Waals surface area contributed by atoms with Crippen LogP contribution in [-0.2, 0) is 20.1 Å². The molecule has 1 aromatic rings. The molecule has 0 unspecified atom stereocenters. The van der Waals surface area contributed by atoms with E-state index < -0.39 is 0 Å². The Morgan fingerprint density at radius 3 is 2.86 bits per heavy atom. The SMILES string of the molecule is CC(C)NCc1cn(CCO)[n+](C)c1. The van der Waals surface area contributed by atoms with Gasteiger partial charge in [-0.05, 0) is 0 Å². The first-order chi connectivity index (χ1) is 6.63. The third-order valence-corrected chi connectivity index (χ3v) is 2.12. The lowest BCUT2D eigenvalue weighted by atomic mass is 10.3. The van der Waals surface area contributed by atoms with Crippen LogP contribution in [0.1, 0.15) is 19.4 Å². The van der Waals surface area contributed by atoms with Crippen LogP contribution in [0.4, 0.5) is 0 Å². The number of hydrogen-bond acceptors (Lipinski definition) is 2. The maximum absolute atomic E-state index is 8.82. The van der Waals surface area contributed by atoms with Crippen LogP contribution in [-0.4, -0.2) is 22.4 Å². The summed E-state index contributed by atoms with van der Waals surface area (Å²) in [4.78, 5) is 0. The second-order valence-electron chi connectivity index (χ2n) is 3.83. The lowest BCUT2D eigenvalue weighted by Crippen LogP contribution is -2.38. The van der Waals surface area contributed by atoms with Gasteiger partial charge in [0.2, 0.25) is 0 Å². The molecule has 0 radical (unpaired) electrons. The molecule has 0 saturated heterocycles. The van der Waals surface area contributed by atoms with E-state index in [9.17, 15) is 0 Å². The number of hydrogen-bond donors (Lipinski definition) is 2. The molecular formula is C10H20N3O+. The molecule has 0 bridgehead atoms. The summed E-state index contributed by atoms with van der Waals surface area (Å²) >= 11 is 0. The molecule has 4 heteroatoms. The summed E-state index contributed by atoms with van der Waals surface area (Å²) in [5, 5.41) is 12.2. The second kappa shape index (κ2) is 5.12. The van der Waals surface area contributed by atoms with Gasteiger partial charge in [-0.25, -0.2) is 0 Å². The average Bonchev–Trinajstić information content (AvgIpc) is 2.45. The van der Waals surface area contributed by atoms with Gasteiger partial charge in [0, 0.05) is 12.6 Å². The summed E-state index contributed by atoms with van der Waals surface area (Å²) in [6.07, 6.45) is 4.14. The molecule has 1 rings (SSSR count). The first-order valence-corrected chi connectivity index (χ1v) is 5.02. The zero-order chi connectivity index (χ0) is 10.6. The van der Waals surface area contributed by atoms with E-state index in [1.54, 1.807) is 0 Å². The molecule has 1 aromatic heterocycles. The largest absolute Gasteiger partial charge is 0.394 e. The third-order valence-electron chi connectivity index (χ3n) is 2.12. The van der Waals surface area contributed by atoms with Gasteiger partial charge in [-0.1, -0.05) is 13.8 Å². The number of aliphatic hydroxyl groups is 1. The lowest BCUT2D eigenvalue weighted by Gasteiger charge is -2.03. The topological polar surface area (TPSA) is 41.1 Å². The Hall–Kier alpha value is -0.870. The number of rotatable bonds is 5. The Bertz CT molecular complexity index is 281. The van der Waals surface area contributed by atoms with Crippen LogP contribution in [0.5, 0.6) is 0 Å². The van der Waals surface area contributed by atoms with E-state index >= 15 is 0 Å². The lowest BCUT2D eigenvalue weighted by molar-refractivity contribution is -0.753. The summed E-state index contributed by atoms with van der Waals surface area (Å²) < 4.78 is 3.99. The highest BCUT2D eigenvalue weighted by atomic mass is 16.3. The van der Waals surface area contributed by atoms with E-state index in [1.165, 1.54) is 5.56 Å². The van der Waals surface area contributed by atoms with E-state index in [2.05, 4.69) is 31.6 Å². The third kappa shape index (κ3) is 3.12. The minimum absolute atomic E-state index is 0.180. The molecule has 80 valence electrons. The molecule has 0 fully saturated rings. The van der Waals surface area contributed by atoms with Crippen molar-refractivity contribution >= 4 is 0 Å². The van der Waals surface area contributed by atoms with Crippen LogP contribution in [0.15, 0.2) is 12.4 Å². The average molecular weight is 198 g/mol. The standard InChI is InChI=1S/C10H20N3O/c1-9(2)11-6-10-7-12(3)13(8-10)4-5-14/h7-9,11,14H,4-6H2,1-3H3/q+1. The summed E-state index contributed by atoms with van der Waals surface area (Å²) in [7, 11) is 1.98. The molecule has 0 aliphatic rings. The quantitative estimate of drug-likeness (QED) is 0.644. The molecule has 4 nitrogen and oxygen atoms in total. The maximum Gasteiger partial charge on any atom is 0.199 e. The fourth-order valence-corrected chi connectivity index (χ4v) is 1.37. The predicted octanol–water partition coefficient (Wildman–Crippen LogP) is -0.197. The fraction of sp³-hybridized carbons (Fsp3) is 0.700. The van der Waals surface area contributed by atoms with Crippen molar-refractivity contribution in [3.8, 4) is 0 Å². The Balaban J connectivity index is 2.56. The van der Waals surface area contributed by atoms with Gasteiger partial charge in [0.15, 0.2) is 13.2 Å². The predicted molar refractivity (Wildman–Crippen MR) is 54.7 cm³/mol. The normalized spacial score (nSPS) is 11.2. The van der Waals surface area contributed by atoms with Gasteiger partial charge >= 0.3 is 0 Å². The van der Waals surface area contributed by atoms with Crippen LogP contribution in [0, 0.1) is 0 Å². The van der Waals surface area contributed by atoms with Crippen molar-refractivity contribution in [2.45, 2.75) is 33.0 Å². The Morgan fingerprint density at radius 2 is 2.29 bits per heavy atom. The molecule has 0 atom stereocenters. The van der Waals surface area contributed by atoms with E-state index in [4.69, 9.17) is 5.11 Å². The molecule has 1 heterocycles. The van der Waals surface area contributed by atoms with Crippen molar-refractivity contribution in [1.29, 1.82) is 0 Å². The molecule has 0 amide bonds. The summed E-state index contributed by atoms with van der Waals surface area (Å²) in [6, 6.07) is 0.501. The van der Waals surface area contributed by atoms with Crippen LogP contribution in [0.3, 0.4) is 0 Å². The summed E-state index contributed by atoms with van der Waals surface area (Å²) in [6.45, 7) is 5.97. The van der Waals surface area contributed by atoms with Crippen molar-refractivity contribution in [3.63, 3.8) is 0 Å². The monoisotopic (exact) mass is 198 g/mol. The number of aryl methyl sites for hydroxylation is 1. The van der Waals surface area contributed by atoms with Gasteiger partial charge in [-0.3, -0.25) is 0 Å². The smallest absolute Gasteiger partial charge is 0.199 e. The highest BCUT2D eigenvalue weighted by molar-refractivity contribution is 4.99. The number of nitrogens with one attached hydrogen (secondary N) is 1. The highest BCUT2D eigenvalue weighted by Gasteiger charge is 2.08. The molecule has 0 aliphatic heterocycles. The van der Waals surface area contributed by atoms with Crippen molar-refractivity contribution in [1.82, 2.24) is 10.00 Å². The van der Waals surface area contributed by atoms with Gasteiger partial charge in [0.25, 0.3) is 0 Å². The first-order valence-electron chi connectivity index (χ1n) is 5.02. The fourth-order valence-electron chi connectivity index (χ4n) is 1.37. The van der Waals surface area contributed by atoms with E-state index in [1.807, 2.05) is 16.4 Å². The van der Waals surface area contributed by atoms with E-state index in [0.717, 1.165) is 6.54 Å². The van der Waals surface area contributed by atoms with E-state index in [-0.39, 0.29) is 6.61 Å². The van der Waals surface area contributed by atoms with Crippen LogP contribution in [0.2, 0.25) is 0 Å². The number of aliphatic hydroxyl groups excluding tert-OH is 1. The second-order valence-corrected chi connectivity index (χ2v) is 3.83. The molecule has 0 aromatic carbocycles. The Labute approximate surface area is 85.1 Å².